The number of nitrogens with zero attached hydrogens (tertiary/aromatic N) is 2. The smallest absolute Gasteiger partial charge is 0.0705 e. The monoisotopic (exact) mass is 548 g/mol. The Balaban J connectivity index is 0.000000644. The maximum Gasteiger partial charge on any atom is 0.0705 e. The standard InChI is InChI=1S/C27H29N2P.3CO.Cr/c1-3-11-21(12-4-1)30(22-13-5-2-6-14-22)26-18-8-7-15-23(26)27-28-19-9-16-24(28)25-17-10-20-29(25)27;3*1-2;/h1-8,11-15,18,24-25,27H,9-10,16-17,19-20H2;;;;/t24-,25-;;;;/m1..../s1. The fourth-order valence-corrected chi connectivity index (χ4v) is 8.58. The minimum absolute atomic E-state index is 0. The van der Waals surface area contributed by atoms with E-state index in [1.807, 2.05) is 0 Å². The summed E-state index contributed by atoms with van der Waals surface area (Å²) in [5.74, 6) is 1.55. The molecule has 2 aromatic carbocycles. The van der Waals surface area contributed by atoms with Crippen LogP contribution in [0.25, 0.3) is 0 Å². The summed E-state index contributed by atoms with van der Waals surface area (Å²) in [5.41, 5.74) is 1.54. The molecular weight excluding hydrogens is 519 g/mol. The number of hydrogen-bond acceptors (Lipinski definition) is 2. The molecule has 2 atom stereocenters. The molecule has 6 radical (unpaired) electrons. The molecule has 7 heteroatoms. The topological polar surface area (TPSA) is 66.2 Å². The molecule has 0 N–H and O–H groups in total. The maximum absolute atomic E-state index is 7.50. The first kappa shape index (κ1) is 31.8. The average Bonchev–Trinajstić information content (AvgIpc) is 3.69. The molecule has 0 bridgehead atoms. The third-order valence-electron chi connectivity index (χ3n) is 7.24. The van der Waals surface area contributed by atoms with E-state index in [2.05, 4.69) is 116 Å². The van der Waals surface area contributed by atoms with Gasteiger partial charge in [0.25, 0.3) is 0 Å². The van der Waals surface area contributed by atoms with E-state index in [9.17, 15) is 0 Å². The second kappa shape index (κ2) is 16.5. The van der Waals surface area contributed by atoms with E-state index >= 15 is 0 Å². The largest absolute Gasteiger partial charge is 0.283 e. The second-order valence-corrected chi connectivity index (χ2v) is 11.0. The maximum atomic E-state index is 7.50. The van der Waals surface area contributed by atoms with Crippen molar-refractivity contribution in [3.05, 3.63) is 118 Å². The first-order valence-electron chi connectivity index (χ1n) is 12.0. The Morgan fingerprint density at radius 2 is 1.08 bits per heavy atom. The zero-order valence-electron chi connectivity index (χ0n) is 20.5. The van der Waals surface area contributed by atoms with Gasteiger partial charge in [0, 0.05) is 54.1 Å². The molecule has 0 unspecified atom stereocenters. The Labute approximate surface area is 234 Å². The van der Waals surface area contributed by atoms with Crippen molar-refractivity contribution in [2.75, 3.05) is 13.1 Å². The summed E-state index contributed by atoms with van der Waals surface area (Å²) in [6, 6.07) is 23.9. The molecule has 3 heterocycles. The van der Waals surface area contributed by atoms with E-state index < -0.39 is 7.92 Å². The van der Waals surface area contributed by atoms with Crippen LogP contribution in [0.5, 0.6) is 0 Å². The molecule has 3 aliphatic heterocycles. The molecule has 1 aliphatic carbocycles. The van der Waals surface area contributed by atoms with Crippen molar-refractivity contribution in [3.63, 3.8) is 0 Å². The van der Waals surface area contributed by atoms with Gasteiger partial charge in [0.05, 0.1) is 6.17 Å². The van der Waals surface area contributed by atoms with Crippen LogP contribution in [0.2, 0.25) is 0 Å². The molecule has 6 rings (SSSR count). The van der Waals surface area contributed by atoms with E-state index in [4.69, 9.17) is 14.0 Å². The predicted molar refractivity (Wildman–Crippen MR) is 138 cm³/mol. The Hall–Kier alpha value is -1.46. The van der Waals surface area contributed by atoms with Crippen LogP contribution in [0.15, 0.2) is 60.7 Å². The number of rotatable bonds is 4. The van der Waals surface area contributed by atoms with E-state index in [-0.39, 0.29) is 17.4 Å². The predicted octanol–water partition coefficient (Wildman–Crippen LogP) is 4.21. The van der Waals surface area contributed by atoms with Crippen LogP contribution in [-0.2, 0) is 31.3 Å². The Morgan fingerprint density at radius 3 is 1.54 bits per heavy atom. The number of fused-ring (bicyclic) bond motifs is 3. The molecule has 0 amide bonds. The van der Waals surface area contributed by atoms with Gasteiger partial charge in [-0.1, -0.05) is 60.7 Å². The van der Waals surface area contributed by atoms with Crippen LogP contribution in [0.1, 0.15) is 25.7 Å². The quantitative estimate of drug-likeness (QED) is 0.327. The molecule has 5 nitrogen and oxygen atoms in total. The molecule has 4 aliphatic rings. The van der Waals surface area contributed by atoms with Gasteiger partial charge in [0.15, 0.2) is 0 Å². The Morgan fingerprint density at radius 1 is 0.649 bits per heavy atom. The summed E-state index contributed by atoms with van der Waals surface area (Å²) >= 11 is 0. The van der Waals surface area contributed by atoms with E-state index in [1.54, 1.807) is 5.92 Å². The first-order valence-corrected chi connectivity index (χ1v) is 13.4. The van der Waals surface area contributed by atoms with Gasteiger partial charge in [-0.2, -0.15) is 0 Å². The fraction of sp³-hybridized carbons (Fsp3) is 0.300. The molecule has 37 heavy (non-hydrogen) atoms. The molecule has 0 spiro atoms. The summed E-state index contributed by atoms with van der Waals surface area (Å²) in [6.45, 7) is 16.0. The van der Waals surface area contributed by atoms with Crippen molar-refractivity contribution in [3.8, 4) is 0 Å². The van der Waals surface area contributed by atoms with Crippen LogP contribution in [-0.4, -0.2) is 41.1 Å². The SMILES string of the molecule is [C-]#[O+].[C-]#[O+].[C-]#[O+].[CH]1[CH][CH][C](P(c2ccccc2)c2ccccc2)[C](C2N3CCC[C@@H]3[C@H]3CCCN23)[CH]1.[Cr]. The van der Waals surface area contributed by atoms with E-state index in [1.165, 1.54) is 55.0 Å². The van der Waals surface area contributed by atoms with Crippen molar-refractivity contribution < 1.29 is 31.3 Å². The van der Waals surface area contributed by atoms with Crippen molar-refractivity contribution >= 4 is 18.5 Å². The van der Waals surface area contributed by atoms with Crippen molar-refractivity contribution in [2.24, 2.45) is 0 Å². The third-order valence-corrected chi connectivity index (χ3v) is 9.76. The van der Waals surface area contributed by atoms with Crippen molar-refractivity contribution in [1.29, 1.82) is 0 Å². The zero-order valence-corrected chi connectivity index (χ0v) is 22.7. The van der Waals surface area contributed by atoms with E-state index in [0.29, 0.717) is 6.17 Å². The van der Waals surface area contributed by atoms with Crippen LogP contribution >= 0.6 is 7.92 Å². The van der Waals surface area contributed by atoms with Crippen molar-refractivity contribution in [2.45, 2.75) is 43.9 Å². The molecule has 4 fully saturated rings. The zero-order chi connectivity index (χ0) is 25.9. The minimum atomic E-state index is -0.572. The molecule has 1 saturated carbocycles. The summed E-state index contributed by atoms with van der Waals surface area (Å²) in [5, 5.41) is 2.89. The van der Waals surface area contributed by atoms with Crippen LogP contribution in [0.3, 0.4) is 0 Å². The summed E-state index contributed by atoms with van der Waals surface area (Å²) < 4.78 is 22.5. The Kier molecular flexibility index (Phi) is 14.2. The molecule has 0 aromatic heterocycles. The normalized spacial score (nSPS) is 23.6. The van der Waals surface area contributed by atoms with Crippen LogP contribution in [0, 0.1) is 57.2 Å². The van der Waals surface area contributed by atoms with Gasteiger partial charge in [-0.15, -0.1) is 0 Å². The van der Waals surface area contributed by atoms with Gasteiger partial charge < -0.3 is 0 Å². The molecule has 2 aromatic rings. The molecular formula is C30H29CrN2O3P. The van der Waals surface area contributed by atoms with Crippen LogP contribution < -0.4 is 10.6 Å². The van der Waals surface area contributed by atoms with Gasteiger partial charge in [-0.3, -0.25) is 9.80 Å². The van der Waals surface area contributed by atoms with Gasteiger partial charge >= 0.3 is 33.9 Å². The van der Waals surface area contributed by atoms with E-state index in [0.717, 1.165) is 12.1 Å². The summed E-state index contributed by atoms with van der Waals surface area (Å²) in [7, 11) is -0.572. The first-order chi connectivity index (χ1) is 17.9. The Bertz CT molecular complexity index is 913. The van der Waals surface area contributed by atoms with Gasteiger partial charge in [-0.25, -0.2) is 0 Å². The summed E-state index contributed by atoms with van der Waals surface area (Å²) in [6.07, 6.45) is 15.3. The van der Waals surface area contributed by atoms with Gasteiger partial charge in [0.2, 0.25) is 0 Å². The molecule has 3 saturated heterocycles. The average molecular weight is 549 g/mol. The van der Waals surface area contributed by atoms with Crippen molar-refractivity contribution in [1.82, 2.24) is 9.80 Å². The van der Waals surface area contributed by atoms with Gasteiger partial charge in [-0.05, 0) is 69.9 Å². The van der Waals surface area contributed by atoms with Gasteiger partial charge in [0.1, 0.15) is 0 Å². The second-order valence-electron chi connectivity index (χ2n) is 8.83. The third kappa shape index (κ3) is 6.76. The summed E-state index contributed by atoms with van der Waals surface area (Å²) in [4.78, 5) is 5.68. The number of hydrogen-bond donors (Lipinski definition) is 0. The molecule has 188 valence electrons. The minimum Gasteiger partial charge on any atom is -0.283 e. The number of benzene rings is 2. The van der Waals surface area contributed by atoms with Crippen LogP contribution in [0.4, 0.5) is 0 Å². The fourth-order valence-electron chi connectivity index (χ4n) is 6.10.